The van der Waals surface area contributed by atoms with Crippen molar-refractivity contribution in [3.8, 4) is 0 Å². The number of nitrogens with one attached hydrogen (secondary N) is 1. The number of hydrogen-bond donors (Lipinski definition) is 1. The zero-order valence-electron chi connectivity index (χ0n) is 11.6. The molecule has 0 aromatic carbocycles. The summed E-state index contributed by atoms with van der Waals surface area (Å²) in [6.45, 7) is 6.08. The third-order valence-electron chi connectivity index (χ3n) is 5.06. The van der Waals surface area contributed by atoms with Crippen LogP contribution in [0.4, 0.5) is 0 Å². The van der Waals surface area contributed by atoms with E-state index >= 15 is 0 Å². The Balaban J connectivity index is 1.47. The van der Waals surface area contributed by atoms with E-state index in [2.05, 4.69) is 10.2 Å². The smallest absolute Gasteiger partial charge is 0.0588 e. The molecule has 3 unspecified atom stereocenters. The fourth-order valence-electron chi connectivity index (χ4n) is 4.05. The largest absolute Gasteiger partial charge is 0.378 e. The Hall–Kier alpha value is -0.120. The minimum atomic E-state index is 0.565. The number of nitrogens with zero attached hydrogens (tertiary/aromatic N) is 1. The lowest BCUT2D eigenvalue weighted by Crippen LogP contribution is -2.43. The summed E-state index contributed by atoms with van der Waals surface area (Å²) in [6.07, 6.45) is 10.1. The molecule has 3 rings (SSSR count). The molecule has 0 aliphatic carbocycles. The number of ether oxygens (including phenoxy) is 1. The fraction of sp³-hybridized carbons (Fsp3) is 1.00. The van der Waals surface area contributed by atoms with Crippen LogP contribution in [0.15, 0.2) is 0 Å². The molecule has 3 atom stereocenters. The lowest BCUT2D eigenvalue weighted by atomic mass is 9.90. The molecule has 1 N–H and O–H groups in total. The van der Waals surface area contributed by atoms with Gasteiger partial charge in [0, 0.05) is 19.2 Å². The second-order valence-corrected chi connectivity index (χ2v) is 6.28. The van der Waals surface area contributed by atoms with Crippen molar-refractivity contribution in [2.75, 3.05) is 32.8 Å². The lowest BCUT2D eigenvalue weighted by molar-refractivity contribution is 0.0826. The van der Waals surface area contributed by atoms with Gasteiger partial charge >= 0.3 is 0 Å². The van der Waals surface area contributed by atoms with Crippen LogP contribution in [0.3, 0.4) is 0 Å². The first-order valence-electron chi connectivity index (χ1n) is 8.00. The monoisotopic (exact) mass is 252 g/mol. The number of piperidine rings is 1. The van der Waals surface area contributed by atoms with E-state index < -0.39 is 0 Å². The summed E-state index contributed by atoms with van der Waals surface area (Å²) in [6, 6.07) is 0.860. The van der Waals surface area contributed by atoms with Crippen molar-refractivity contribution in [2.24, 2.45) is 5.92 Å². The Morgan fingerprint density at radius 2 is 2.11 bits per heavy atom. The first-order chi connectivity index (χ1) is 8.93. The minimum absolute atomic E-state index is 0.565. The van der Waals surface area contributed by atoms with Crippen molar-refractivity contribution in [3.63, 3.8) is 0 Å². The van der Waals surface area contributed by atoms with Gasteiger partial charge in [-0.1, -0.05) is 0 Å². The topological polar surface area (TPSA) is 24.5 Å². The van der Waals surface area contributed by atoms with E-state index in [1.54, 1.807) is 0 Å². The number of hydrogen-bond acceptors (Lipinski definition) is 3. The summed E-state index contributed by atoms with van der Waals surface area (Å²) >= 11 is 0. The van der Waals surface area contributed by atoms with E-state index in [9.17, 15) is 0 Å². The molecule has 0 bridgehead atoms. The Morgan fingerprint density at radius 3 is 2.89 bits per heavy atom. The van der Waals surface area contributed by atoms with E-state index in [1.165, 1.54) is 71.1 Å². The van der Waals surface area contributed by atoms with E-state index in [0.29, 0.717) is 6.10 Å². The molecule has 3 heteroatoms. The van der Waals surface area contributed by atoms with Gasteiger partial charge in [0.05, 0.1) is 6.10 Å². The van der Waals surface area contributed by atoms with Crippen LogP contribution in [0.1, 0.15) is 44.9 Å². The molecule has 3 aliphatic heterocycles. The fourth-order valence-corrected chi connectivity index (χ4v) is 4.05. The zero-order chi connectivity index (χ0) is 12.2. The lowest BCUT2D eigenvalue weighted by Gasteiger charge is -2.34. The van der Waals surface area contributed by atoms with Gasteiger partial charge in [0.2, 0.25) is 0 Å². The maximum absolute atomic E-state index is 5.75. The molecular weight excluding hydrogens is 224 g/mol. The van der Waals surface area contributed by atoms with Gasteiger partial charge in [-0.15, -0.1) is 0 Å². The molecular formula is C15H28N2O. The molecule has 3 fully saturated rings. The summed E-state index contributed by atoms with van der Waals surface area (Å²) in [5, 5.41) is 3.58. The highest BCUT2D eigenvalue weighted by molar-refractivity contribution is 4.88. The van der Waals surface area contributed by atoms with E-state index in [1.807, 2.05) is 0 Å². The second kappa shape index (κ2) is 6.36. The summed E-state index contributed by atoms with van der Waals surface area (Å²) in [7, 11) is 0. The van der Waals surface area contributed by atoms with Gasteiger partial charge in [-0.25, -0.2) is 0 Å². The quantitative estimate of drug-likeness (QED) is 0.828. The molecule has 3 aliphatic rings. The first-order valence-corrected chi connectivity index (χ1v) is 8.00. The molecule has 0 radical (unpaired) electrons. The molecule has 3 heterocycles. The third kappa shape index (κ3) is 3.06. The predicted molar refractivity (Wildman–Crippen MR) is 73.8 cm³/mol. The van der Waals surface area contributed by atoms with Gasteiger partial charge in [0.1, 0.15) is 0 Å². The highest BCUT2D eigenvalue weighted by atomic mass is 16.5. The van der Waals surface area contributed by atoms with Crippen LogP contribution in [0.5, 0.6) is 0 Å². The normalized spacial score (nSPS) is 38.3. The van der Waals surface area contributed by atoms with Crippen LogP contribution in [-0.2, 0) is 4.74 Å². The molecule has 3 nitrogen and oxygen atoms in total. The van der Waals surface area contributed by atoms with Crippen molar-refractivity contribution in [3.05, 3.63) is 0 Å². The van der Waals surface area contributed by atoms with E-state index in [0.717, 1.165) is 18.6 Å². The Morgan fingerprint density at radius 1 is 1.11 bits per heavy atom. The summed E-state index contributed by atoms with van der Waals surface area (Å²) in [5.41, 5.74) is 0. The summed E-state index contributed by atoms with van der Waals surface area (Å²) in [5.74, 6) is 0.908. The molecule has 18 heavy (non-hydrogen) atoms. The van der Waals surface area contributed by atoms with E-state index in [4.69, 9.17) is 4.74 Å². The molecule has 0 aromatic heterocycles. The maximum atomic E-state index is 5.75. The highest BCUT2D eigenvalue weighted by Gasteiger charge is 2.32. The minimum Gasteiger partial charge on any atom is -0.378 e. The predicted octanol–water partition coefficient (Wildman–Crippen LogP) is 2.02. The molecule has 0 spiro atoms. The van der Waals surface area contributed by atoms with Crippen LogP contribution >= 0.6 is 0 Å². The van der Waals surface area contributed by atoms with Crippen LogP contribution in [0.25, 0.3) is 0 Å². The molecule has 104 valence electrons. The molecule has 0 aromatic rings. The van der Waals surface area contributed by atoms with Gasteiger partial charge < -0.3 is 10.1 Å². The third-order valence-corrected chi connectivity index (χ3v) is 5.06. The second-order valence-electron chi connectivity index (χ2n) is 6.28. The number of likely N-dealkylation sites (tertiary alicyclic amines) is 1. The van der Waals surface area contributed by atoms with Gasteiger partial charge in [0.25, 0.3) is 0 Å². The van der Waals surface area contributed by atoms with Crippen molar-refractivity contribution in [1.82, 2.24) is 10.2 Å². The van der Waals surface area contributed by atoms with Crippen molar-refractivity contribution >= 4 is 0 Å². The SMILES string of the molecule is C1COC(CCN2CCCC2C2CCCNC2)C1. The van der Waals surface area contributed by atoms with Crippen LogP contribution in [-0.4, -0.2) is 49.8 Å². The first kappa shape index (κ1) is 12.9. The maximum Gasteiger partial charge on any atom is 0.0588 e. The van der Waals surface area contributed by atoms with E-state index in [-0.39, 0.29) is 0 Å². The molecule has 0 saturated carbocycles. The standard InChI is InChI=1S/C15H28N2O/c1-4-13(12-16-8-1)15-6-2-9-17(15)10-7-14-5-3-11-18-14/h13-16H,1-12H2. The van der Waals surface area contributed by atoms with Crippen molar-refractivity contribution in [1.29, 1.82) is 0 Å². The van der Waals surface area contributed by atoms with Crippen LogP contribution in [0.2, 0.25) is 0 Å². The Labute approximate surface area is 111 Å². The summed E-state index contributed by atoms with van der Waals surface area (Å²) in [4.78, 5) is 2.76. The highest BCUT2D eigenvalue weighted by Crippen LogP contribution is 2.29. The summed E-state index contributed by atoms with van der Waals surface area (Å²) < 4.78 is 5.75. The van der Waals surface area contributed by atoms with Gasteiger partial charge in [-0.3, -0.25) is 4.90 Å². The Bertz CT molecular complexity index is 247. The average Bonchev–Trinajstić information content (AvgIpc) is 3.09. The van der Waals surface area contributed by atoms with Gasteiger partial charge in [-0.05, 0) is 70.5 Å². The molecule has 3 saturated heterocycles. The van der Waals surface area contributed by atoms with Crippen molar-refractivity contribution in [2.45, 2.75) is 57.1 Å². The van der Waals surface area contributed by atoms with Gasteiger partial charge in [0.15, 0.2) is 0 Å². The average molecular weight is 252 g/mol. The van der Waals surface area contributed by atoms with Gasteiger partial charge in [-0.2, -0.15) is 0 Å². The van der Waals surface area contributed by atoms with Crippen LogP contribution in [0, 0.1) is 5.92 Å². The van der Waals surface area contributed by atoms with Crippen LogP contribution < -0.4 is 5.32 Å². The number of rotatable bonds is 4. The Kier molecular flexibility index (Phi) is 4.55. The zero-order valence-corrected chi connectivity index (χ0v) is 11.6. The van der Waals surface area contributed by atoms with Crippen molar-refractivity contribution < 1.29 is 4.74 Å². The molecule has 0 amide bonds.